The maximum Gasteiger partial charge on any atom is 0.287 e. The number of furan rings is 1. The molecule has 22 heavy (non-hydrogen) atoms. The molecule has 0 radical (unpaired) electrons. The van der Waals surface area contributed by atoms with Gasteiger partial charge in [-0.05, 0) is 31.5 Å². The molecule has 1 N–H and O–H groups in total. The molecule has 2 aromatic rings. The lowest BCUT2D eigenvalue weighted by atomic mass is 10.1. The standard InChI is InChI=1S/C15H17NO5S/c1-9-12-7-11(20-2)3-4-13(12)21-14(9)15(17)16-10-5-6-22(18,19)8-10/h3-4,7,10H,5-6,8H2,1-2H3,(H,16,17)/t10-/m1/s1. The van der Waals surface area contributed by atoms with Gasteiger partial charge in [0.2, 0.25) is 0 Å². The van der Waals surface area contributed by atoms with Gasteiger partial charge in [-0.2, -0.15) is 0 Å². The molecule has 6 nitrogen and oxygen atoms in total. The summed E-state index contributed by atoms with van der Waals surface area (Å²) in [5.41, 5.74) is 1.31. The molecule has 1 saturated heterocycles. The first-order valence-electron chi connectivity index (χ1n) is 6.98. The van der Waals surface area contributed by atoms with Gasteiger partial charge in [0.25, 0.3) is 5.91 Å². The Balaban J connectivity index is 1.86. The van der Waals surface area contributed by atoms with E-state index in [1.165, 1.54) is 0 Å². The van der Waals surface area contributed by atoms with Gasteiger partial charge in [-0.3, -0.25) is 4.79 Å². The second-order valence-electron chi connectivity index (χ2n) is 5.49. The molecule has 1 aliphatic rings. The first-order valence-corrected chi connectivity index (χ1v) is 8.80. The van der Waals surface area contributed by atoms with Crippen LogP contribution in [0.15, 0.2) is 22.6 Å². The van der Waals surface area contributed by atoms with Crippen molar-refractivity contribution in [3.05, 3.63) is 29.5 Å². The number of hydrogen-bond donors (Lipinski definition) is 1. The molecule has 0 saturated carbocycles. The van der Waals surface area contributed by atoms with Gasteiger partial charge in [0.05, 0.1) is 18.6 Å². The lowest BCUT2D eigenvalue weighted by Crippen LogP contribution is -2.35. The lowest BCUT2D eigenvalue weighted by molar-refractivity contribution is 0.0914. The molecular formula is C15H17NO5S. The molecule has 1 atom stereocenters. The van der Waals surface area contributed by atoms with Crippen LogP contribution in [0.4, 0.5) is 0 Å². The molecule has 0 aliphatic carbocycles. The summed E-state index contributed by atoms with van der Waals surface area (Å²) in [4.78, 5) is 12.3. The van der Waals surface area contributed by atoms with Gasteiger partial charge in [-0.15, -0.1) is 0 Å². The normalized spacial score (nSPS) is 20.2. The second kappa shape index (κ2) is 5.31. The number of carbonyl (C=O) groups excluding carboxylic acids is 1. The van der Waals surface area contributed by atoms with Crippen LogP contribution < -0.4 is 10.1 Å². The van der Waals surface area contributed by atoms with Crippen molar-refractivity contribution in [1.29, 1.82) is 0 Å². The van der Waals surface area contributed by atoms with Crippen LogP contribution in [0.3, 0.4) is 0 Å². The van der Waals surface area contributed by atoms with E-state index in [0.717, 1.165) is 5.39 Å². The van der Waals surface area contributed by atoms with E-state index >= 15 is 0 Å². The molecule has 1 aromatic heterocycles. The van der Waals surface area contributed by atoms with Crippen LogP contribution in [0.5, 0.6) is 5.75 Å². The first-order chi connectivity index (χ1) is 10.4. The van der Waals surface area contributed by atoms with Crippen LogP contribution in [0, 0.1) is 6.92 Å². The van der Waals surface area contributed by atoms with Crippen LogP contribution >= 0.6 is 0 Å². The van der Waals surface area contributed by atoms with E-state index in [2.05, 4.69) is 5.32 Å². The third-order valence-electron chi connectivity index (χ3n) is 3.92. The Kier molecular flexibility index (Phi) is 3.60. The Morgan fingerprint density at radius 1 is 1.41 bits per heavy atom. The van der Waals surface area contributed by atoms with Gasteiger partial charge in [-0.25, -0.2) is 8.42 Å². The number of ether oxygens (including phenoxy) is 1. The van der Waals surface area contributed by atoms with Crippen LogP contribution in [-0.2, 0) is 9.84 Å². The molecule has 0 unspecified atom stereocenters. The lowest BCUT2D eigenvalue weighted by Gasteiger charge is -2.09. The van der Waals surface area contributed by atoms with E-state index in [9.17, 15) is 13.2 Å². The number of hydrogen-bond acceptors (Lipinski definition) is 5. The largest absolute Gasteiger partial charge is 0.497 e. The summed E-state index contributed by atoms with van der Waals surface area (Å²) in [6, 6.07) is 4.97. The average molecular weight is 323 g/mol. The van der Waals surface area contributed by atoms with Gasteiger partial charge < -0.3 is 14.5 Å². The summed E-state index contributed by atoms with van der Waals surface area (Å²) < 4.78 is 33.7. The fourth-order valence-electron chi connectivity index (χ4n) is 2.70. The van der Waals surface area contributed by atoms with Crippen molar-refractivity contribution in [2.45, 2.75) is 19.4 Å². The smallest absolute Gasteiger partial charge is 0.287 e. The number of aryl methyl sites for hydroxylation is 1. The Morgan fingerprint density at radius 2 is 2.18 bits per heavy atom. The molecule has 1 amide bonds. The number of sulfone groups is 1. The van der Waals surface area contributed by atoms with Crippen molar-refractivity contribution in [2.75, 3.05) is 18.6 Å². The fourth-order valence-corrected chi connectivity index (χ4v) is 4.38. The molecule has 3 rings (SSSR count). The maximum absolute atomic E-state index is 12.3. The minimum atomic E-state index is -3.03. The molecule has 0 bridgehead atoms. The highest BCUT2D eigenvalue weighted by molar-refractivity contribution is 7.91. The predicted molar refractivity (Wildman–Crippen MR) is 82.0 cm³/mol. The zero-order chi connectivity index (χ0) is 15.9. The highest BCUT2D eigenvalue weighted by Crippen LogP contribution is 2.29. The summed E-state index contributed by atoms with van der Waals surface area (Å²) in [5, 5.41) is 3.55. The Morgan fingerprint density at radius 3 is 2.82 bits per heavy atom. The summed E-state index contributed by atoms with van der Waals surface area (Å²) in [6.07, 6.45) is 0.446. The minimum absolute atomic E-state index is 0.00810. The van der Waals surface area contributed by atoms with Crippen LogP contribution in [-0.4, -0.2) is 39.0 Å². The van der Waals surface area contributed by atoms with Crippen LogP contribution in [0.1, 0.15) is 22.5 Å². The zero-order valence-corrected chi connectivity index (χ0v) is 13.2. The van der Waals surface area contributed by atoms with E-state index in [1.54, 1.807) is 26.2 Å². The highest BCUT2D eigenvalue weighted by Gasteiger charge is 2.30. The molecular weight excluding hydrogens is 306 g/mol. The van der Waals surface area contributed by atoms with E-state index in [-0.39, 0.29) is 29.2 Å². The number of nitrogens with one attached hydrogen (secondary N) is 1. The van der Waals surface area contributed by atoms with Gasteiger partial charge in [0.1, 0.15) is 11.3 Å². The second-order valence-corrected chi connectivity index (χ2v) is 7.72. The Hall–Kier alpha value is -2.02. The minimum Gasteiger partial charge on any atom is -0.497 e. The highest BCUT2D eigenvalue weighted by atomic mass is 32.2. The summed E-state index contributed by atoms with van der Waals surface area (Å²) in [5.74, 6) is 0.632. The third-order valence-corrected chi connectivity index (χ3v) is 5.69. The topological polar surface area (TPSA) is 85.6 Å². The van der Waals surface area contributed by atoms with Crippen molar-refractivity contribution in [1.82, 2.24) is 5.32 Å². The monoisotopic (exact) mass is 323 g/mol. The molecule has 1 aliphatic heterocycles. The first kappa shape index (κ1) is 14.9. The molecule has 1 aromatic carbocycles. The zero-order valence-electron chi connectivity index (χ0n) is 12.4. The van der Waals surface area contributed by atoms with Crippen LogP contribution in [0.25, 0.3) is 11.0 Å². The quantitative estimate of drug-likeness (QED) is 0.928. The van der Waals surface area contributed by atoms with Crippen LogP contribution in [0.2, 0.25) is 0 Å². The summed E-state index contributed by atoms with van der Waals surface area (Å²) >= 11 is 0. The van der Waals surface area contributed by atoms with E-state index in [4.69, 9.17) is 9.15 Å². The average Bonchev–Trinajstić information content (AvgIpc) is 2.98. The van der Waals surface area contributed by atoms with Crippen molar-refractivity contribution < 1.29 is 22.4 Å². The van der Waals surface area contributed by atoms with Crippen molar-refractivity contribution >= 4 is 26.7 Å². The molecule has 118 valence electrons. The number of carbonyl (C=O) groups is 1. The molecule has 2 heterocycles. The van der Waals surface area contributed by atoms with E-state index < -0.39 is 9.84 Å². The van der Waals surface area contributed by atoms with E-state index in [0.29, 0.717) is 23.3 Å². The number of fused-ring (bicyclic) bond motifs is 1. The Bertz CT molecular complexity index is 837. The number of benzene rings is 1. The number of methoxy groups -OCH3 is 1. The number of amides is 1. The van der Waals surface area contributed by atoms with Gasteiger partial charge >= 0.3 is 0 Å². The third kappa shape index (κ3) is 2.68. The molecule has 1 fully saturated rings. The van der Waals surface area contributed by atoms with Crippen molar-refractivity contribution in [3.8, 4) is 5.75 Å². The van der Waals surface area contributed by atoms with Gasteiger partial charge in [0.15, 0.2) is 15.6 Å². The van der Waals surface area contributed by atoms with Crippen molar-refractivity contribution in [3.63, 3.8) is 0 Å². The molecule has 7 heteroatoms. The SMILES string of the molecule is COc1ccc2oc(C(=O)N[C@@H]3CCS(=O)(=O)C3)c(C)c2c1. The predicted octanol–water partition coefficient (Wildman–Crippen LogP) is 1.67. The van der Waals surface area contributed by atoms with Gasteiger partial charge in [-0.1, -0.05) is 0 Å². The Labute approximate surface area is 128 Å². The number of rotatable bonds is 3. The van der Waals surface area contributed by atoms with Gasteiger partial charge in [0, 0.05) is 17.0 Å². The van der Waals surface area contributed by atoms with E-state index in [1.807, 2.05) is 6.07 Å². The molecule has 0 spiro atoms. The maximum atomic E-state index is 12.3. The fraction of sp³-hybridized carbons (Fsp3) is 0.400. The summed E-state index contributed by atoms with van der Waals surface area (Å²) in [6.45, 7) is 1.80. The van der Waals surface area contributed by atoms with Crippen molar-refractivity contribution in [2.24, 2.45) is 0 Å². The summed E-state index contributed by atoms with van der Waals surface area (Å²) in [7, 11) is -1.45.